The third kappa shape index (κ3) is 7.32. The van der Waals surface area contributed by atoms with Gasteiger partial charge in [0.25, 0.3) is 6.43 Å². The highest BCUT2D eigenvalue weighted by molar-refractivity contribution is 6.76. The highest BCUT2D eigenvalue weighted by Gasteiger charge is 2.23. The lowest BCUT2D eigenvalue weighted by molar-refractivity contribution is 0.0896. The van der Waals surface area contributed by atoms with E-state index in [2.05, 4.69) is 51.8 Å². The molecule has 42 heavy (non-hydrogen) atoms. The molecule has 9 nitrogen and oxygen atoms in total. The first-order chi connectivity index (χ1) is 20.1. The van der Waals surface area contributed by atoms with Crippen molar-refractivity contribution in [1.82, 2.24) is 34.3 Å². The minimum absolute atomic E-state index is 0.148. The number of hydrogen-bond acceptors (Lipinski definition) is 8. The van der Waals surface area contributed by atoms with Crippen molar-refractivity contribution in [2.75, 3.05) is 45.2 Å². The zero-order valence-corrected chi connectivity index (χ0v) is 25.4. The number of ether oxygens (including phenoxy) is 1. The molecule has 1 fully saturated rings. The lowest BCUT2D eigenvalue weighted by Crippen LogP contribution is -2.43. The summed E-state index contributed by atoms with van der Waals surface area (Å²) in [5, 5.41) is 3.85. The molecule has 0 bridgehead atoms. The normalized spacial score (nSPS) is 15.1. The number of halogens is 3. The van der Waals surface area contributed by atoms with Crippen molar-refractivity contribution < 1.29 is 17.9 Å². The zero-order valence-electron chi connectivity index (χ0n) is 24.4. The van der Waals surface area contributed by atoms with Crippen LogP contribution in [-0.4, -0.2) is 82.2 Å². The van der Waals surface area contributed by atoms with Crippen molar-refractivity contribution in [2.45, 2.75) is 45.4 Å². The number of anilines is 2. The van der Waals surface area contributed by atoms with Crippen molar-refractivity contribution in [3.8, 4) is 11.5 Å². The summed E-state index contributed by atoms with van der Waals surface area (Å²) in [5.74, 6) is -0.0396. The number of nitrogens with zero attached hydrogens (tertiary/aromatic N) is 7. The van der Waals surface area contributed by atoms with E-state index in [0.717, 1.165) is 44.0 Å². The first-order valence-electron chi connectivity index (χ1n) is 14.1. The minimum Gasteiger partial charge on any atom is -0.361 e. The van der Waals surface area contributed by atoms with Crippen LogP contribution >= 0.6 is 0 Å². The van der Waals surface area contributed by atoms with Gasteiger partial charge in [-0.2, -0.15) is 0 Å². The van der Waals surface area contributed by atoms with E-state index >= 15 is 0 Å². The molecule has 13 heteroatoms. The molecule has 0 unspecified atom stereocenters. The van der Waals surface area contributed by atoms with Gasteiger partial charge < -0.3 is 19.5 Å². The Morgan fingerprint density at radius 3 is 2.55 bits per heavy atom. The summed E-state index contributed by atoms with van der Waals surface area (Å²) >= 11 is 0. The summed E-state index contributed by atoms with van der Waals surface area (Å²) < 4.78 is 49.8. The van der Waals surface area contributed by atoms with Gasteiger partial charge in [-0.3, -0.25) is 9.88 Å². The van der Waals surface area contributed by atoms with Crippen molar-refractivity contribution in [3.63, 3.8) is 0 Å². The number of fused-ring (bicyclic) bond motifs is 1. The zero-order chi connectivity index (χ0) is 29.9. The monoisotopic (exact) mass is 598 g/mol. The molecule has 1 aliphatic heterocycles. The average molecular weight is 599 g/mol. The van der Waals surface area contributed by atoms with E-state index in [1.165, 1.54) is 24.4 Å². The molecule has 0 radical (unpaired) electrons. The van der Waals surface area contributed by atoms with Gasteiger partial charge >= 0.3 is 0 Å². The number of rotatable bonds is 11. The molecule has 5 rings (SSSR count). The SMILES string of the molecule is CN1CCN(Cc2cn(COCC[Si](C)(C)C)c3nc(-c4cccc(C(F)F)n4)nc(Nc4ccncc4F)c23)CC1. The van der Waals surface area contributed by atoms with Crippen LogP contribution in [0.2, 0.25) is 25.7 Å². The quantitative estimate of drug-likeness (QED) is 0.172. The predicted octanol–water partition coefficient (Wildman–Crippen LogP) is 5.77. The highest BCUT2D eigenvalue weighted by atomic mass is 28.3. The topological polar surface area (TPSA) is 84.2 Å². The summed E-state index contributed by atoms with van der Waals surface area (Å²) in [6.07, 6.45) is 1.88. The molecule has 1 N–H and O–H groups in total. The van der Waals surface area contributed by atoms with Gasteiger partial charge in [0.05, 0.1) is 17.3 Å². The summed E-state index contributed by atoms with van der Waals surface area (Å²) in [7, 11) is 0.815. The third-order valence-corrected chi connectivity index (χ3v) is 8.96. The highest BCUT2D eigenvalue weighted by Crippen LogP contribution is 2.33. The van der Waals surface area contributed by atoms with Gasteiger partial charge in [0.1, 0.15) is 29.6 Å². The fourth-order valence-corrected chi connectivity index (χ4v) is 5.54. The fraction of sp³-hybridized carbons (Fsp3) is 0.448. The lowest BCUT2D eigenvalue weighted by atomic mass is 10.2. The fourth-order valence-electron chi connectivity index (χ4n) is 4.78. The molecule has 0 aromatic carbocycles. The molecule has 4 aromatic rings. The molecule has 5 heterocycles. The van der Waals surface area contributed by atoms with Gasteiger partial charge in [0, 0.05) is 59.8 Å². The van der Waals surface area contributed by atoms with Crippen LogP contribution in [0, 0.1) is 5.82 Å². The number of piperazine rings is 1. The second-order valence-electron chi connectivity index (χ2n) is 11.9. The molecule has 0 amide bonds. The van der Waals surface area contributed by atoms with Gasteiger partial charge in [-0.05, 0) is 36.9 Å². The Morgan fingerprint density at radius 1 is 1.05 bits per heavy atom. The van der Waals surface area contributed by atoms with Crippen molar-refractivity contribution in [1.29, 1.82) is 0 Å². The Hall–Kier alpha value is -3.39. The first kappa shape index (κ1) is 30.1. The Balaban J connectivity index is 1.62. The second-order valence-corrected chi connectivity index (χ2v) is 17.5. The van der Waals surface area contributed by atoms with E-state index < -0.39 is 20.3 Å². The van der Waals surface area contributed by atoms with Crippen LogP contribution in [0.5, 0.6) is 0 Å². The predicted molar refractivity (Wildman–Crippen MR) is 160 cm³/mol. The van der Waals surface area contributed by atoms with E-state index in [0.29, 0.717) is 30.0 Å². The maximum absolute atomic E-state index is 14.8. The van der Waals surface area contributed by atoms with Gasteiger partial charge in [-0.15, -0.1) is 0 Å². The molecule has 4 aromatic heterocycles. The van der Waals surface area contributed by atoms with Crippen LogP contribution in [0.1, 0.15) is 17.7 Å². The van der Waals surface area contributed by atoms with Crippen LogP contribution < -0.4 is 5.32 Å². The summed E-state index contributed by atoms with van der Waals surface area (Å²) in [4.78, 5) is 22.2. The van der Waals surface area contributed by atoms with Crippen LogP contribution in [-0.2, 0) is 18.0 Å². The molecule has 0 aliphatic carbocycles. The van der Waals surface area contributed by atoms with Gasteiger partial charge in [0.2, 0.25) is 0 Å². The molecule has 1 saturated heterocycles. The largest absolute Gasteiger partial charge is 0.361 e. The van der Waals surface area contributed by atoms with Crippen molar-refractivity contribution in [2.24, 2.45) is 0 Å². The number of pyridine rings is 2. The molecule has 0 spiro atoms. The number of nitrogens with one attached hydrogen (secondary N) is 1. The van der Waals surface area contributed by atoms with Crippen LogP contribution in [0.15, 0.2) is 42.9 Å². The van der Waals surface area contributed by atoms with E-state index in [9.17, 15) is 13.2 Å². The smallest absolute Gasteiger partial charge is 0.280 e. The standard InChI is InChI=1S/C29H37F3N8OSi/c1-38-10-12-39(13-11-38)17-20-18-40(19-41-14-15-42(2,3)4)29-25(20)28(35-22-8-9-33-16-21(22)30)36-27(37-29)24-7-5-6-23(34-24)26(31)32/h5-9,16,18,26H,10-15,17,19H2,1-4H3,(H,33,35,36,37). The molecule has 224 valence electrons. The molecule has 1 aliphatic rings. The Bertz CT molecular complexity index is 1520. The van der Waals surface area contributed by atoms with Gasteiger partial charge in [0.15, 0.2) is 11.6 Å². The molecular formula is C29H37F3N8OSi. The summed E-state index contributed by atoms with van der Waals surface area (Å²) in [6.45, 7) is 12.1. The minimum atomic E-state index is -2.74. The second kappa shape index (κ2) is 12.9. The van der Waals surface area contributed by atoms with Crippen molar-refractivity contribution >= 4 is 30.6 Å². The van der Waals surface area contributed by atoms with Crippen LogP contribution in [0.4, 0.5) is 24.7 Å². The first-order valence-corrected chi connectivity index (χ1v) is 17.8. The maximum Gasteiger partial charge on any atom is 0.280 e. The van der Waals surface area contributed by atoms with E-state index in [4.69, 9.17) is 14.7 Å². The number of alkyl halides is 2. The third-order valence-electron chi connectivity index (χ3n) is 7.26. The lowest BCUT2D eigenvalue weighted by Gasteiger charge is -2.32. The van der Waals surface area contributed by atoms with E-state index in [-0.39, 0.29) is 29.6 Å². The average Bonchev–Trinajstić information content (AvgIpc) is 3.30. The Labute approximate surface area is 244 Å². The number of likely N-dealkylation sites (N-methyl/N-ethyl adjacent to an activating group) is 1. The van der Waals surface area contributed by atoms with Gasteiger partial charge in [-0.1, -0.05) is 25.7 Å². The summed E-state index contributed by atoms with van der Waals surface area (Å²) in [6, 6.07) is 6.90. The number of hydrogen-bond donors (Lipinski definition) is 1. The number of aromatic nitrogens is 5. The molecule has 0 atom stereocenters. The van der Waals surface area contributed by atoms with Gasteiger partial charge in [-0.25, -0.2) is 28.1 Å². The van der Waals surface area contributed by atoms with E-state index in [1.807, 2.05) is 10.8 Å². The van der Waals surface area contributed by atoms with Crippen LogP contribution in [0.25, 0.3) is 22.6 Å². The summed E-state index contributed by atoms with van der Waals surface area (Å²) in [5.41, 5.74) is 1.53. The van der Waals surface area contributed by atoms with E-state index in [1.54, 1.807) is 6.07 Å². The molecular weight excluding hydrogens is 561 g/mol. The van der Waals surface area contributed by atoms with Crippen LogP contribution in [0.3, 0.4) is 0 Å². The van der Waals surface area contributed by atoms with Crippen molar-refractivity contribution in [3.05, 3.63) is 59.9 Å². The maximum atomic E-state index is 14.8. The Kier molecular flexibility index (Phi) is 9.21. The molecule has 0 saturated carbocycles. The Morgan fingerprint density at radius 2 is 1.83 bits per heavy atom.